The summed E-state index contributed by atoms with van der Waals surface area (Å²) >= 11 is 7.44. The number of benzene rings is 2. The van der Waals surface area contributed by atoms with Crippen LogP contribution in [0.4, 0.5) is 0 Å². The van der Waals surface area contributed by atoms with Crippen molar-refractivity contribution in [3.63, 3.8) is 0 Å². The topological polar surface area (TPSA) is 90.6 Å². The molecule has 10 heteroatoms. The molecule has 0 aliphatic heterocycles. The van der Waals surface area contributed by atoms with Crippen LogP contribution in [0.25, 0.3) is 0 Å². The van der Waals surface area contributed by atoms with Crippen LogP contribution in [-0.4, -0.2) is 39.7 Å². The van der Waals surface area contributed by atoms with Gasteiger partial charge in [-0.3, -0.25) is 4.79 Å². The van der Waals surface area contributed by atoms with Gasteiger partial charge in [-0.1, -0.05) is 41.6 Å². The van der Waals surface area contributed by atoms with Crippen molar-refractivity contribution in [2.75, 3.05) is 12.9 Å². The second-order valence-electron chi connectivity index (χ2n) is 6.10. The van der Waals surface area contributed by atoms with Crippen molar-refractivity contribution >= 4 is 35.5 Å². The van der Waals surface area contributed by atoms with Gasteiger partial charge in [0.25, 0.3) is 5.91 Å². The monoisotopic (exact) mass is 445 g/mol. The number of rotatable bonds is 9. The highest BCUT2D eigenvalue weighted by atomic mass is 35.5. The van der Waals surface area contributed by atoms with E-state index in [9.17, 15) is 4.79 Å². The maximum absolute atomic E-state index is 11.9. The highest BCUT2D eigenvalue weighted by Crippen LogP contribution is 2.29. The van der Waals surface area contributed by atoms with E-state index in [1.54, 1.807) is 30.1 Å². The molecule has 1 aromatic heterocycles. The van der Waals surface area contributed by atoms with Gasteiger partial charge in [0.2, 0.25) is 0 Å². The quantitative estimate of drug-likeness (QED) is 0.309. The number of nitrogens with zero attached hydrogens (tertiary/aromatic N) is 4. The second kappa shape index (κ2) is 10.7. The summed E-state index contributed by atoms with van der Waals surface area (Å²) in [5, 5.41) is 13.0. The molecule has 0 atom stereocenters. The molecule has 0 saturated carbocycles. The third kappa shape index (κ3) is 5.98. The van der Waals surface area contributed by atoms with Gasteiger partial charge in [0.1, 0.15) is 12.9 Å². The number of methoxy groups -OCH3 is 1. The van der Waals surface area contributed by atoms with Crippen LogP contribution in [0.15, 0.2) is 59.0 Å². The first kappa shape index (κ1) is 21.7. The smallest absolute Gasteiger partial charge is 0.250 e. The molecule has 8 nitrogen and oxygen atoms in total. The average molecular weight is 446 g/mol. The number of hydrogen-bond acceptors (Lipinski definition) is 7. The summed E-state index contributed by atoms with van der Waals surface area (Å²) in [6, 6.07) is 12.9. The first-order chi connectivity index (χ1) is 14.6. The van der Waals surface area contributed by atoms with Gasteiger partial charge < -0.3 is 14.0 Å². The van der Waals surface area contributed by atoms with Crippen LogP contribution in [0.2, 0.25) is 5.02 Å². The van der Waals surface area contributed by atoms with Gasteiger partial charge in [0, 0.05) is 17.6 Å². The molecule has 0 unspecified atom stereocenters. The van der Waals surface area contributed by atoms with E-state index >= 15 is 0 Å². The van der Waals surface area contributed by atoms with Crippen molar-refractivity contribution in [2.45, 2.75) is 11.8 Å². The number of hydrogen-bond donors (Lipinski definition) is 1. The molecule has 2 aromatic carbocycles. The SMILES string of the molecule is COc1cc(/C=N/NC(=O)CSc2nncn2C)ccc1OCc1ccccc1Cl. The number of carbonyl (C=O) groups excluding carboxylic acids is 1. The van der Waals surface area contributed by atoms with Crippen molar-refractivity contribution in [1.82, 2.24) is 20.2 Å². The molecular weight excluding hydrogens is 426 g/mol. The van der Waals surface area contributed by atoms with E-state index in [2.05, 4.69) is 20.7 Å². The van der Waals surface area contributed by atoms with Crippen molar-refractivity contribution < 1.29 is 14.3 Å². The Bertz CT molecular complexity index is 1040. The summed E-state index contributed by atoms with van der Waals surface area (Å²) in [7, 11) is 3.37. The lowest BCUT2D eigenvalue weighted by Crippen LogP contribution is -2.19. The largest absolute Gasteiger partial charge is 0.493 e. The highest BCUT2D eigenvalue weighted by Gasteiger charge is 2.08. The molecule has 0 fully saturated rings. The van der Waals surface area contributed by atoms with Gasteiger partial charge in [-0.05, 0) is 29.8 Å². The standard InChI is InChI=1S/C20H20ClN5O3S/c1-26-13-23-25-20(26)30-12-19(27)24-22-10-14-7-8-17(18(9-14)28-2)29-11-15-5-3-4-6-16(15)21/h3-10,13H,11-12H2,1-2H3,(H,24,27)/b22-10+. The van der Waals surface area contributed by atoms with Crippen LogP contribution in [-0.2, 0) is 18.4 Å². The molecule has 0 radical (unpaired) electrons. The zero-order chi connectivity index (χ0) is 21.3. The number of amides is 1. The Balaban J connectivity index is 1.54. The van der Waals surface area contributed by atoms with Crippen LogP contribution in [0, 0.1) is 0 Å². The van der Waals surface area contributed by atoms with Crippen LogP contribution >= 0.6 is 23.4 Å². The van der Waals surface area contributed by atoms with Crippen LogP contribution in [0.1, 0.15) is 11.1 Å². The Labute approximate surface area is 183 Å². The zero-order valence-corrected chi connectivity index (χ0v) is 18.0. The van der Waals surface area contributed by atoms with Crippen LogP contribution in [0.3, 0.4) is 0 Å². The third-order valence-corrected chi connectivity index (χ3v) is 5.34. The summed E-state index contributed by atoms with van der Waals surface area (Å²) in [6.45, 7) is 0.322. The highest BCUT2D eigenvalue weighted by molar-refractivity contribution is 7.99. The Morgan fingerprint density at radius 3 is 2.87 bits per heavy atom. The number of halogens is 1. The summed E-state index contributed by atoms with van der Waals surface area (Å²) in [5.41, 5.74) is 4.11. The number of aromatic nitrogens is 3. The number of ether oxygens (including phenoxy) is 2. The molecule has 0 spiro atoms. The second-order valence-corrected chi connectivity index (χ2v) is 7.45. The molecule has 1 heterocycles. The van der Waals surface area contributed by atoms with Crippen LogP contribution in [0.5, 0.6) is 11.5 Å². The summed E-state index contributed by atoms with van der Waals surface area (Å²) < 4.78 is 13.0. The van der Waals surface area contributed by atoms with Crippen molar-refractivity contribution in [3.8, 4) is 11.5 Å². The predicted octanol–water partition coefficient (Wildman–Crippen LogP) is 3.30. The Hall–Kier alpha value is -3.04. The molecule has 30 heavy (non-hydrogen) atoms. The lowest BCUT2D eigenvalue weighted by atomic mass is 10.2. The van der Waals surface area contributed by atoms with E-state index in [0.717, 1.165) is 11.1 Å². The minimum atomic E-state index is -0.245. The van der Waals surface area contributed by atoms with E-state index in [1.807, 2.05) is 37.4 Å². The molecule has 0 saturated heterocycles. The zero-order valence-electron chi connectivity index (χ0n) is 16.4. The Morgan fingerprint density at radius 1 is 1.30 bits per heavy atom. The van der Waals surface area contributed by atoms with Gasteiger partial charge in [-0.15, -0.1) is 10.2 Å². The summed E-state index contributed by atoms with van der Waals surface area (Å²) in [6.07, 6.45) is 3.11. The summed E-state index contributed by atoms with van der Waals surface area (Å²) in [5.74, 6) is 1.07. The average Bonchev–Trinajstić information content (AvgIpc) is 3.17. The number of aryl methyl sites for hydroxylation is 1. The molecule has 0 aliphatic carbocycles. The fourth-order valence-corrected chi connectivity index (χ4v) is 3.27. The number of nitrogens with one attached hydrogen (secondary N) is 1. The maximum atomic E-state index is 11.9. The van der Waals surface area contributed by atoms with E-state index in [1.165, 1.54) is 18.0 Å². The van der Waals surface area contributed by atoms with Gasteiger partial charge >= 0.3 is 0 Å². The van der Waals surface area contributed by atoms with E-state index < -0.39 is 0 Å². The molecule has 1 N–H and O–H groups in total. The Morgan fingerprint density at radius 2 is 2.13 bits per heavy atom. The third-order valence-electron chi connectivity index (χ3n) is 3.93. The lowest BCUT2D eigenvalue weighted by molar-refractivity contribution is -0.118. The number of hydrazone groups is 1. The van der Waals surface area contributed by atoms with E-state index in [0.29, 0.717) is 28.3 Å². The number of thioether (sulfide) groups is 1. The maximum Gasteiger partial charge on any atom is 0.250 e. The first-order valence-electron chi connectivity index (χ1n) is 8.89. The molecule has 156 valence electrons. The molecule has 3 aromatic rings. The fourth-order valence-electron chi connectivity index (χ4n) is 2.40. The number of carbonyl (C=O) groups is 1. The van der Waals surface area contributed by atoms with Crippen molar-refractivity contribution in [1.29, 1.82) is 0 Å². The minimum absolute atomic E-state index is 0.183. The molecule has 0 aliphatic rings. The van der Waals surface area contributed by atoms with E-state index in [-0.39, 0.29) is 11.7 Å². The predicted molar refractivity (Wildman–Crippen MR) is 116 cm³/mol. The van der Waals surface area contributed by atoms with Crippen molar-refractivity contribution in [3.05, 3.63) is 64.9 Å². The molecule has 0 bridgehead atoms. The fraction of sp³-hybridized carbons (Fsp3) is 0.200. The van der Waals surface area contributed by atoms with Gasteiger partial charge in [-0.2, -0.15) is 5.10 Å². The first-order valence-corrected chi connectivity index (χ1v) is 10.3. The molecular formula is C20H20ClN5O3S. The van der Waals surface area contributed by atoms with Gasteiger partial charge in [0.15, 0.2) is 16.7 Å². The minimum Gasteiger partial charge on any atom is -0.493 e. The van der Waals surface area contributed by atoms with E-state index in [4.69, 9.17) is 21.1 Å². The van der Waals surface area contributed by atoms with Crippen LogP contribution < -0.4 is 14.9 Å². The lowest BCUT2D eigenvalue weighted by Gasteiger charge is -2.12. The van der Waals surface area contributed by atoms with Crippen molar-refractivity contribution in [2.24, 2.45) is 12.1 Å². The summed E-state index contributed by atoms with van der Waals surface area (Å²) in [4.78, 5) is 11.9. The normalized spacial score (nSPS) is 10.9. The Kier molecular flexibility index (Phi) is 7.69. The van der Waals surface area contributed by atoms with Gasteiger partial charge in [-0.25, -0.2) is 5.43 Å². The molecule has 1 amide bonds. The molecule has 3 rings (SSSR count). The van der Waals surface area contributed by atoms with Gasteiger partial charge in [0.05, 0.1) is 19.1 Å².